The minimum absolute atomic E-state index is 0.0814. The fourth-order valence-electron chi connectivity index (χ4n) is 3.83. The number of fused-ring (bicyclic) bond motifs is 1. The van der Waals surface area contributed by atoms with E-state index in [9.17, 15) is 9.18 Å². The van der Waals surface area contributed by atoms with E-state index in [2.05, 4.69) is 5.32 Å². The lowest BCUT2D eigenvalue weighted by molar-refractivity contribution is -0.117. The highest BCUT2D eigenvalue weighted by Gasteiger charge is 2.44. The molecule has 0 unspecified atom stereocenters. The van der Waals surface area contributed by atoms with Gasteiger partial charge in [0.25, 0.3) is 0 Å². The van der Waals surface area contributed by atoms with Gasteiger partial charge in [0.05, 0.1) is 0 Å². The molecule has 0 saturated carbocycles. The number of hydrogen-bond acceptors (Lipinski definition) is 2. The molecule has 1 aliphatic heterocycles. The van der Waals surface area contributed by atoms with Crippen molar-refractivity contribution < 1.29 is 18.0 Å². The van der Waals surface area contributed by atoms with E-state index >= 15 is 8.78 Å². The van der Waals surface area contributed by atoms with Crippen LogP contribution < -0.4 is 10.2 Å². The lowest BCUT2D eigenvalue weighted by Crippen LogP contribution is -2.45. The second kappa shape index (κ2) is 7.39. The summed E-state index contributed by atoms with van der Waals surface area (Å²) in [5.74, 6) is -0.606. The van der Waals surface area contributed by atoms with Crippen LogP contribution in [-0.2, 0) is 17.3 Å². The Morgan fingerprint density at radius 2 is 1.76 bits per heavy atom. The zero-order valence-corrected chi connectivity index (χ0v) is 17.5. The third-order valence-corrected chi connectivity index (χ3v) is 5.12. The Labute approximate surface area is 169 Å². The van der Waals surface area contributed by atoms with Crippen LogP contribution in [-0.4, -0.2) is 12.5 Å². The number of carbonyl (C=O) groups excluding carboxylic acids is 1. The van der Waals surface area contributed by atoms with E-state index in [1.54, 1.807) is 26.0 Å². The van der Waals surface area contributed by atoms with Gasteiger partial charge in [-0.05, 0) is 72.7 Å². The molecule has 1 heterocycles. The fraction of sp³-hybridized carbons (Fsp3) is 0.435. The van der Waals surface area contributed by atoms with Crippen molar-refractivity contribution in [3.8, 4) is 0 Å². The van der Waals surface area contributed by atoms with Crippen LogP contribution >= 0.6 is 0 Å². The van der Waals surface area contributed by atoms with E-state index in [0.717, 1.165) is 28.2 Å². The van der Waals surface area contributed by atoms with Gasteiger partial charge in [-0.25, -0.2) is 4.39 Å². The van der Waals surface area contributed by atoms with Gasteiger partial charge in [-0.3, -0.25) is 4.79 Å². The van der Waals surface area contributed by atoms with E-state index in [1.807, 2.05) is 20.8 Å². The summed E-state index contributed by atoms with van der Waals surface area (Å²) in [7, 11) is 0. The molecule has 0 fully saturated rings. The molecule has 156 valence electrons. The number of alkyl halides is 2. The molecule has 6 heteroatoms. The molecule has 29 heavy (non-hydrogen) atoms. The van der Waals surface area contributed by atoms with Gasteiger partial charge in [0.1, 0.15) is 5.82 Å². The van der Waals surface area contributed by atoms with Gasteiger partial charge < -0.3 is 10.2 Å². The molecule has 0 radical (unpaired) electrons. The second-order valence-electron chi connectivity index (χ2n) is 8.98. The highest BCUT2D eigenvalue weighted by molar-refractivity contribution is 5.93. The number of nitrogens with zero attached hydrogens (tertiary/aromatic N) is 1. The molecule has 3 rings (SSSR count). The molecule has 0 aromatic heterocycles. The first-order valence-corrected chi connectivity index (χ1v) is 9.74. The number of carbonyl (C=O) groups is 1. The van der Waals surface area contributed by atoms with Crippen molar-refractivity contribution in [3.05, 3.63) is 58.4 Å². The summed E-state index contributed by atoms with van der Waals surface area (Å²) in [5.41, 5.74) is 2.52. The fourth-order valence-corrected chi connectivity index (χ4v) is 3.83. The van der Waals surface area contributed by atoms with Crippen LogP contribution in [0, 0.1) is 25.1 Å². The standard InChI is InChI=1S/C23H27F3N2O/c1-14-10-18(11-15(2)21(14)27-20(29)13-22(3,4)5)28-9-8-16-12-17(24)6-7-19(16)23(28,25)26/h6-7,10-12H,8-9,13H2,1-5H3,(H,27,29). The lowest BCUT2D eigenvalue weighted by Gasteiger charge is -2.38. The number of anilines is 2. The first-order valence-electron chi connectivity index (χ1n) is 9.74. The number of nitrogens with one attached hydrogen (secondary N) is 1. The predicted molar refractivity (Wildman–Crippen MR) is 110 cm³/mol. The summed E-state index contributed by atoms with van der Waals surface area (Å²) in [6.07, 6.45) is 0.704. The Morgan fingerprint density at radius 1 is 1.14 bits per heavy atom. The van der Waals surface area contributed by atoms with Gasteiger partial charge in [-0.1, -0.05) is 20.8 Å². The zero-order chi connectivity index (χ0) is 21.6. The molecule has 1 N–H and O–H groups in total. The number of hydrogen-bond donors (Lipinski definition) is 1. The minimum Gasteiger partial charge on any atom is -0.326 e. The highest BCUT2D eigenvalue weighted by Crippen LogP contribution is 2.42. The zero-order valence-electron chi connectivity index (χ0n) is 17.5. The second-order valence-corrected chi connectivity index (χ2v) is 8.98. The Balaban J connectivity index is 1.91. The molecular weight excluding hydrogens is 377 g/mol. The maximum absolute atomic E-state index is 15.2. The molecule has 3 nitrogen and oxygen atoms in total. The van der Waals surface area contributed by atoms with Crippen LogP contribution in [0.25, 0.3) is 0 Å². The van der Waals surface area contributed by atoms with Crippen molar-refractivity contribution in [1.29, 1.82) is 0 Å². The number of halogens is 3. The number of amides is 1. The van der Waals surface area contributed by atoms with Crippen LogP contribution in [0.15, 0.2) is 30.3 Å². The van der Waals surface area contributed by atoms with Crippen LogP contribution in [0.3, 0.4) is 0 Å². The lowest BCUT2D eigenvalue weighted by atomic mass is 9.92. The molecule has 0 bridgehead atoms. The van der Waals surface area contributed by atoms with Crippen molar-refractivity contribution in [1.82, 2.24) is 0 Å². The number of aryl methyl sites for hydroxylation is 2. The summed E-state index contributed by atoms with van der Waals surface area (Å²) in [4.78, 5) is 13.4. The maximum atomic E-state index is 15.2. The largest absolute Gasteiger partial charge is 0.353 e. The van der Waals surface area contributed by atoms with Crippen LogP contribution in [0.1, 0.15) is 49.4 Å². The third-order valence-electron chi connectivity index (χ3n) is 5.12. The smallest absolute Gasteiger partial charge is 0.326 e. The van der Waals surface area contributed by atoms with Crippen molar-refractivity contribution in [3.63, 3.8) is 0 Å². The maximum Gasteiger partial charge on any atom is 0.353 e. The van der Waals surface area contributed by atoms with Crippen molar-refractivity contribution >= 4 is 17.3 Å². The Hall–Kier alpha value is -2.50. The number of rotatable bonds is 3. The molecule has 2 aromatic carbocycles. The van der Waals surface area contributed by atoms with E-state index < -0.39 is 11.9 Å². The molecule has 0 spiro atoms. The van der Waals surface area contributed by atoms with E-state index in [4.69, 9.17) is 0 Å². The van der Waals surface area contributed by atoms with Gasteiger partial charge in [0.15, 0.2) is 0 Å². The monoisotopic (exact) mass is 404 g/mol. The first kappa shape index (κ1) is 21.2. The average Bonchev–Trinajstić information content (AvgIpc) is 2.56. The summed E-state index contributed by atoms with van der Waals surface area (Å²) in [6.45, 7) is 9.63. The van der Waals surface area contributed by atoms with Crippen molar-refractivity contribution in [2.24, 2.45) is 5.41 Å². The normalized spacial score (nSPS) is 15.8. The Kier molecular flexibility index (Phi) is 5.41. The SMILES string of the molecule is Cc1cc(N2CCc3cc(F)ccc3C2(F)F)cc(C)c1NC(=O)CC(C)(C)C. The van der Waals surface area contributed by atoms with Gasteiger partial charge >= 0.3 is 6.05 Å². The molecule has 2 aromatic rings. The Bertz CT molecular complexity index is 925. The molecular formula is C23H27F3N2O. The Morgan fingerprint density at radius 3 is 2.34 bits per heavy atom. The molecule has 0 atom stereocenters. The van der Waals surface area contributed by atoms with Gasteiger partial charge in [0, 0.05) is 29.9 Å². The third kappa shape index (κ3) is 4.41. The summed E-state index contributed by atoms with van der Waals surface area (Å²) < 4.78 is 43.8. The molecule has 0 saturated heterocycles. The molecule has 1 aliphatic rings. The predicted octanol–water partition coefficient (Wildman–Crippen LogP) is 5.93. The van der Waals surface area contributed by atoms with Gasteiger partial charge in [0.2, 0.25) is 5.91 Å². The topological polar surface area (TPSA) is 32.3 Å². The van der Waals surface area contributed by atoms with Crippen molar-refractivity contribution in [2.75, 3.05) is 16.8 Å². The highest BCUT2D eigenvalue weighted by atomic mass is 19.3. The summed E-state index contributed by atoms with van der Waals surface area (Å²) >= 11 is 0. The van der Waals surface area contributed by atoms with Gasteiger partial charge in [-0.15, -0.1) is 0 Å². The minimum atomic E-state index is -3.24. The van der Waals surface area contributed by atoms with Crippen LogP contribution in [0.5, 0.6) is 0 Å². The quantitative estimate of drug-likeness (QED) is 0.643. The van der Waals surface area contributed by atoms with Crippen molar-refractivity contribution in [2.45, 2.75) is 53.5 Å². The van der Waals surface area contributed by atoms with Crippen LogP contribution in [0.2, 0.25) is 0 Å². The van der Waals surface area contributed by atoms with Gasteiger partial charge in [-0.2, -0.15) is 8.78 Å². The first-order chi connectivity index (χ1) is 13.4. The van der Waals surface area contributed by atoms with E-state index in [-0.39, 0.29) is 23.4 Å². The summed E-state index contributed by atoms with van der Waals surface area (Å²) in [5, 5.41) is 2.92. The molecule has 0 aliphatic carbocycles. The average molecular weight is 404 g/mol. The van der Waals surface area contributed by atoms with E-state index in [0.29, 0.717) is 29.8 Å². The molecule has 1 amide bonds. The van der Waals surface area contributed by atoms with Crippen LogP contribution in [0.4, 0.5) is 24.5 Å². The number of benzene rings is 2. The summed E-state index contributed by atoms with van der Waals surface area (Å²) in [6, 6.07) is 3.52. The van der Waals surface area contributed by atoms with E-state index in [1.165, 1.54) is 6.07 Å².